The van der Waals surface area contributed by atoms with Crippen LogP contribution in [0, 0.1) is 0 Å². The van der Waals surface area contributed by atoms with Gasteiger partial charge in [0.1, 0.15) is 11.8 Å². The van der Waals surface area contributed by atoms with Crippen molar-refractivity contribution >= 4 is 23.2 Å². The molecule has 0 unspecified atom stereocenters. The first kappa shape index (κ1) is 17.3. The molecule has 2 aromatic carbocycles. The first-order valence-electron chi connectivity index (χ1n) is 7.55. The lowest BCUT2D eigenvalue weighted by molar-refractivity contribution is -0.709. The highest BCUT2D eigenvalue weighted by Crippen LogP contribution is 2.23. The molecule has 5 heteroatoms. The average molecular weight is 334 g/mol. The number of carbonyl (C=O) groups excluding carboxylic acids is 1. The average Bonchev–Trinajstić information content (AvgIpc) is 2.55. The number of hydrogen-bond donors (Lipinski definition) is 2. The number of anilines is 1. The zero-order valence-corrected chi connectivity index (χ0v) is 14.3. The molecule has 0 radical (unpaired) electrons. The fraction of sp³-hybridized carbons (Fsp3) is 0.278. The fourth-order valence-corrected chi connectivity index (χ4v) is 2.52. The zero-order valence-electron chi connectivity index (χ0n) is 13.5. The van der Waals surface area contributed by atoms with E-state index in [1.54, 1.807) is 7.11 Å². The van der Waals surface area contributed by atoms with Gasteiger partial charge in [-0.25, -0.2) is 0 Å². The third kappa shape index (κ3) is 4.71. The lowest BCUT2D eigenvalue weighted by atomic mass is 10.1. The van der Waals surface area contributed by atoms with Crippen LogP contribution in [0.2, 0.25) is 5.02 Å². The number of benzene rings is 2. The summed E-state index contributed by atoms with van der Waals surface area (Å²) in [5, 5.41) is 5.64. The van der Waals surface area contributed by atoms with Crippen LogP contribution in [0.1, 0.15) is 25.5 Å². The highest BCUT2D eigenvalue weighted by molar-refractivity contribution is 6.30. The summed E-state index contributed by atoms with van der Waals surface area (Å²) in [6.45, 7) is 3.95. The molecule has 0 heterocycles. The van der Waals surface area contributed by atoms with E-state index in [0.717, 1.165) is 5.56 Å². The molecule has 1 amide bonds. The normalized spacial score (nSPS) is 13.2. The Morgan fingerprint density at radius 1 is 1.13 bits per heavy atom. The van der Waals surface area contributed by atoms with Gasteiger partial charge >= 0.3 is 0 Å². The maximum atomic E-state index is 12.4. The van der Waals surface area contributed by atoms with Crippen molar-refractivity contribution in [1.29, 1.82) is 0 Å². The Balaban J connectivity index is 1.98. The smallest absolute Gasteiger partial charge is 0.282 e. The number of rotatable bonds is 6. The quantitative estimate of drug-likeness (QED) is 0.853. The second kappa shape index (κ2) is 7.99. The van der Waals surface area contributed by atoms with Gasteiger partial charge in [-0.05, 0) is 38.1 Å². The van der Waals surface area contributed by atoms with E-state index < -0.39 is 0 Å². The zero-order chi connectivity index (χ0) is 16.8. The third-order valence-corrected chi connectivity index (χ3v) is 4.00. The van der Waals surface area contributed by atoms with Crippen LogP contribution in [0.5, 0.6) is 5.75 Å². The molecule has 0 bridgehead atoms. The minimum Gasteiger partial charge on any atom is -0.495 e. The second-order valence-electron chi connectivity index (χ2n) is 5.51. The molecule has 2 atom stereocenters. The van der Waals surface area contributed by atoms with Gasteiger partial charge in [0.2, 0.25) is 0 Å². The summed E-state index contributed by atoms with van der Waals surface area (Å²) in [4.78, 5) is 12.4. The Kier molecular flexibility index (Phi) is 6.02. The Labute approximate surface area is 141 Å². The van der Waals surface area contributed by atoms with Crippen molar-refractivity contribution in [1.82, 2.24) is 0 Å². The molecular weight excluding hydrogens is 312 g/mol. The molecule has 0 spiro atoms. The Morgan fingerprint density at radius 2 is 1.78 bits per heavy atom. The van der Waals surface area contributed by atoms with Crippen molar-refractivity contribution in [3.8, 4) is 5.75 Å². The summed E-state index contributed by atoms with van der Waals surface area (Å²) < 4.78 is 5.25. The molecule has 2 rings (SSSR count). The standard InChI is InChI=1S/C18H21ClN2O2/c1-12(14-8-10-15(19)11-9-14)20-13(2)18(22)21-16-6-4-5-7-17(16)23-3/h4-13,20H,1-3H3,(H,21,22)/p+1/t12-,13+/m0/s1. The van der Waals surface area contributed by atoms with Crippen LogP contribution < -0.4 is 15.4 Å². The van der Waals surface area contributed by atoms with Gasteiger partial charge in [-0.1, -0.05) is 35.9 Å². The molecule has 0 aliphatic rings. The SMILES string of the molecule is COc1ccccc1NC(=O)[C@@H](C)[NH2+][C@@H](C)c1ccc(Cl)cc1. The Hall–Kier alpha value is -2.04. The van der Waals surface area contributed by atoms with Gasteiger partial charge in [-0.15, -0.1) is 0 Å². The van der Waals surface area contributed by atoms with Gasteiger partial charge in [0.15, 0.2) is 6.04 Å². The number of methoxy groups -OCH3 is 1. The topological polar surface area (TPSA) is 54.9 Å². The van der Waals surface area contributed by atoms with Crippen molar-refractivity contribution in [3.63, 3.8) is 0 Å². The molecule has 0 saturated carbocycles. The summed E-state index contributed by atoms with van der Waals surface area (Å²) in [5.41, 5.74) is 1.81. The molecule has 23 heavy (non-hydrogen) atoms. The van der Waals surface area contributed by atoms with Crippen molar-refractivity contribution in [2.45, 2.75) is 25.9 Å². The highest BCUT2D eigenvalue weighted by atomic mass is 35.5. The molecule has 122 valence electrons. The summed E-state index contributed by atoms with van der Waals surface area (Å²) in [6.07, 6.45) is 0. The van der Waals surface area contributed by atoms with E-state index in [-0.39, 0.29) is 18.0 Å². The van der Waals surface area contributed by atoms with Gasteiger partial charge in [-0.2, -0.15) is 0 Å². The van der Waals surface area contributed by atoms with Gasteiger partial charge in [0.25, 0.3) is 5.91 Å². The predicted molar refractivity (Wildman–Crippen MR) is 92.9 cm³/mol. The fourth-order valence-electron chi connectivity index (χ4n) is 2.39. The van der Waals surface area contributed by atoms with Crippen LogP contribution >= 0.6 is 11.6 Å². The minimum atomic E-state index is -0.231. The third-order valence-electron chi connectivity index (χ3n) is 3.75. The van der Waals surface area contributed by atoms with Crippen molar-refractivity contribution in [3.05, 3.63) is 59.1 Å². The van der Waals surface area contributed by atoms with Crippen LogP contribution in [-0.4, -0.2) is 19.1 Å². The van der Waals surface area contributed by atoms with E-state index in [0.29, 0.717) is 16.5 Å². The van der Waals surface area contributed by atoms with Crippen LogP contribution in [0.4, 0.5) is 5.69 Å². The molecule has 4 nitrogen and oxygen atoms in total. The van der Waals surface area contributed by atoms with Crippen LogP contribution in [0.25, 0.3) is 0 Å². The van der Waals surface area contributed by atoms with Crippen LogP contribution in [-0.2, 0) is 4.79 Å². The summed E-state index contributed by atoms with van der Waals surface area (Å²) >= 11 is 5.91. The number of carbonyl (C=O) groups is 1. The first-order valence-corrected chi connectivity index (χ1v) is 7.93. The lowest BCUT2D eigenvalue weighted by Gasteiger charge is -2.17. The number of quaternary nitrogens is 1. The molecule has 2 aromatic rings. The minimum absolute atomic E-state index is 0.0599. The summed E-state index contributed by atoms with van der Waals surface area (Å²) in [7, 11) is 1.59. The lowest BCUT2D eigenvalue weighted by Crippen LogP contribution is -2.91. The van der Waals surface area contributed by atoms with Gasteiger partial charge < -0.3 is 15.4 Å². The Morgan fingerprint density at radius 3 is 2.43 bits per heavy atom. The van der Waals surface area contributed by atoms with E-state index in [1.165, 1.54) is 0 Å². The van der Waals surface area contributed by atoms with Gasteiger partial charge in [-0.3, -0.25) is 4.79 Å². The summed E-state index contributed by atoms with van der Waals surface area (Å²) in [5.74, 6) is 0.592. The van der Waals surface area contributed by atoms with E-state index in [2.05, 4.69) is 12.2 Å². The molecule has 0 aliphatic carbocycles. The Bertz CT molecular complexity index is 658. The van der Waals surface area contributed by atoms with Crippen LogP contribution in [0.3, 0.4) is 0 Å². The van der Waals surface area contributed by atoms with Gasteiger partial charge in [0, 0.05) is 10.6 Å². The number of amides is 1. The maximum Gasteiger partial charge on any atom is 0.282 e. The monoisotopic (exact) mass is 333 g/mol. The van der Waals surface area contributed by atoms with Crippen LogP contribution in [0.15, 0.2) is 48.5 Å². The molecule has 0 fully saturated rings. The maximum absolute atomic E-state index is 12.4. The number of nitrogens with two attached hydrogens (primary N) is 1. The largest absolute Gasteiger partial charge is 0.495 e. The molecule has 0 aliphatic heterocycles. The second-order valence-corrected chi connectivity index (χ2v) is 5.95. The predicted octanol–water partition coefficient (Wildman–Crippen LogP) is 3.00. The number of hydrogen-bond acceptors (Lipinski definition) is 2. The molecule has 0 saturated heterocycles. The van der Waals surface area contributed by atoms with Crippen molar-refractivity contribution < 1.29 is 14.8 Å². The van der Waals surface area contributed by atoms with E-state index >= 15 is 0 Å². The molecule has 0 aromatic heterocycles. The van der Waals surface area contributed by atoms with Crippen molar-refractivity contribution in [2.24, 2.45) is 0 Å². The number of para-hydroxylation sites is 2. The van der Waals surface area contributed by atoms with Crippen molar-refractivity contribution in [2.75, 3.05) is 12.4 Å². The number of ether oxygens (including phenoxy) is 1. The number of nitrogens with one attached hydrogen (secondary N) is 1. The van der Waals surface area contributed by atoms with E-state index in [1.807, 2.05) is 60.8 Å². The van der Waals surface area contributed by atoms with Gasteiger partial charge in [0.05, 0.1) is 12.8 Å². The molecular formula is C18H22ClN2O2+. The summed E-state index contributed by atoms with van der Waals surface area (Å²) in [6, 6.07) is 15.0. The number of halogens is 1. The molecule has 3 N–H and O–H groups in total. The van der Waals surface area contributed by atoms with E-state index in [4.69, 9.17) is 16.3 Å². The highest BCUT2D eigenvalue weighted by Gasteiger charge is 2.21. The first-order chi connectivity index (χ1) is 11.0. The van der Waals surface area contributed by atoms with E-state index in [9.17, 15) is 4.79 Å².